The van der Waals surface area contributed by atoms with Crippen molar-refractivity contribution in [3.8, 4) is 0 Å². The number of carbonyl (C=O) groups excluding carboxylic acids is 9. The van der Waals surface area contributed by atoms with Crippen LogP contribution >= 0.6 is 0 Å². The predicted molar refractivity (Wildman–Crippen MR) is 221 cm³/mol. The van der Waals surface area contributed by atoms with Gasteiger partial charge in [0, 0.05) is 43.0 Å². The number of H-pyrrole nitrogens is 2. The minimum absolute atomic E-state index is 0.187. The van der Waals surface area contributed by atoms with Crippen LogP contribution in [0.3, 0.4) is 0 Å². The number of rotatable bonds is 29. The maximum absolute atomic E-state index is 13.6. The van der Waals surface area contributed by atoms with Crippen molar-refractivity contribution in [1.82, 2.24) is 62.5 Å². The summed E-state index contributed by atoms with van der Waals surface area (Å²) in [6.07, 6.45) is 3.73. The van der Waals surface area contributed by atoms with E-state index in [0.29, 0.717) is 11.4 Å². The van der Waals surface area contributed by atoms with Crippen molar-refractivity contribution >= 4 is 65.1 Å². The Morgan fingerprint density at radius 2 is 1.18 bits per heavy atom. The summed E-state index contributed by atoms with van der Waals surface area (Å²) in [5, 5.41) is 46.9. The van der Waals surface area contributed by atoms with Crippen LogP contribution in [-0.2, 0) is 65.6 Å². The molecule has 2 aromatic rings. The van der Waals surface area contributed by atoms with E-state index in [4.69, 9.17) is 16.6 Å². The van der Waals surface area contributed by atoms with Gasteiger partial charge in [-0.1, -0.05) is 20.3 Å². The summed E-state index contributed by atoms with van der Waals surface area (Å²) in [5.41, 5.74) is 11.5. The second-order valence-electron chi connectivity index (χ2n) is 14.7. The van der Waals surface area contributed by atoms with Gasteiger partial charge in [0.1, 0.15) is 36.3 Å². The van der Waals surface area contributed by atoms with Gasteiger partial charge in [-0.2, -0.15) is 0 Å². The molecule has 2 aromatic heterocycles. The molecule has 358 valence electrons. The van der Waals surface area contributed by atoms with Crippen molar-refractivity contribution in [3.05, 3.63) is 36.4 Å². The minimum atomic E-state index is -1.66. The molecule has 17 N–H and O–H groups in total. The van der Waals surface area contributed by atoms with Crippen LogP contribution in [0.1, 0.15) is 57.8 Å². The first-order valence-corrected chi connectivity index (χ1v) is 20.0. The Morgan fingerprint density at radius 3 is 1.68 bits per heavy atom. The van der Waals surface area contributed by atoms with E-state index >= 15 is 0 Å². The van der Waals surface area contributed by atoms with Crippen LogP contribution in [0.2, 0.25) is 0 Å². The number of amides is 9. The molecule has 2 heterocycles. The number of aromatic nitrogens is 4. The zero-order valence-corrected chi connectivity index (χ0v) is 35.7. The van der Waals surface area contributed by atoms with Gasteiger partial charge >= 0.3 is 11.9 Å². The van der Waals surface area contributed by atoms with Crippen molar-refractivity contribution in [3.63, 3.8) is 0 Å². The summed E-state index contributed by atoms with van der Waals surface area (Å²) in [4.78, 5) is 151. The molecular formula is C37H56N14O14. The lowest BCUT2D eigenvalue weighted by atomic mass is 9.97. The lowest BCUT2D eigenvalue weighted by molar-refractivity contribution is -0.142. The number of carboxylic acid groups (broad SMARTS) is 2. The Morgan fingerprint density at radius 1 is 0.662 bits per heavy atom. The van der Waals surface area contributed by atoms with Crippen molar-refractivity contribution in [2.24, 2.45) is 17.4 Å². The third-order valence-electron chi connectivity index (χ3n) is 9.49. The number of carbonyl (C=O) groups is 11. The zero-order valence-electron chi connectivity index (χ0n) is 35.7. The molecule has 0 spiro atoms. The van der Waals surface area contributed by atoms with Crippen LogP contribution < -0.4 is 54.0 Å². The maximum atomic E-state index is 13.6. The quantitative estimate of drug-likeness (QED) is 0.0361. The van der Waals surface area contributed by atoms with E-state index in [1.807, 2.05) is 0 Å². The number of imidazole rings is 2. The number of aliphatic hydroxyl groups is 1. The van der Waals surface area contributed by atoms with Gasteiger partial charge in [-0.15, -0.1) is 0 Å². The highest BCUT2D eigenvalue weighted by atomic mass is 16.4. The lowest BCUT2D eigenvalue weighted by Crippen LogP contribution is -2.60. The van der Waals surface area contributed by atoms with Gasteiger partial charge in [-0.3, -0.25) is 47.9 Å². The van der Waals surface area contributed by atoms with Gasteiger partial charge in [0.05, 0.1) is 44.8 Å². The van der Waals surface area contributed by atoms with Gasteiger partial charge in [0.25, 0.3) is 0 Å². The molecule has 0 radical (unpaired) electrons. The summed E-state index contributed by atoms with van der Waals surface area (Å²) in [6, 6.07) is -10.1. The molecule has 65 heavy (non-hydrogen) atoms. The average Bonchev–Trinajstić information content (AvgIpc) is 3.98. The number of nitrogens with one attached hydrogen (secondary N) is 10. The predicted octanol–water partition coefficient (Wildman–Crippen LogP) is -6.73. The first-order valence-electron chi connectivity index (χ1n) is 20.0. The van der Waals surface area contributed by atoms with Crippen LogP contribution in [0.4, 0.5) is 0 Å². The zero-order chi connectivity index (χ0) is 48.8. The van der Waals surface area contributed by atoms with Gasteiger partial charge in [0.2, 0.25) is 53.2 Å². The van der Waals surface area contributed by atoms with Crippen molar-refractivity contribution < 1.29 is 68.1 Å². The summed E-state index contributed by atoms with van der Waals surface area (Å²) < 4.78 is 0. The van der Waals surface area contributed by atoms with E-state index in [9.17, 15) is 63.0 Å². The lowest BCUT2D eigenvalue weighted by Gasteiger charge is -2.28. The molecule has 0 aliphatic carbocycles. The second kappa shape index (κ2) is 26.9. The Hall–Kier alpha value is -7.49. The second-order valence-corrected chi connectivity index (χ2v) is 14.7. The normalized spacial score (nSPS) is 14.5. The van der Waals surface area contributed by atoms with Gasteiger partial charge < -0.3 is 79.3 Å². The maximum Gasteiger partial charge on any atom is 0.326 e. The van der Waals surface area contributed by atoms with E-state index in [2.05, 4.69) is 62.5 Å². The van der Waals surface area contributed by atoms with Crippen molar-refractivity contribution in [1.29, 1.82) is 0 Å². The molecule has 0 aliphatic heterocycles. The molecule has 28 nitrogen and oxygen atoms in total. The van der Waals surface area contributed by atoms with E-state index in [-0.39, 0.29) is 25.7 Å². The fraction of sp³-hybridized carbons (Fsp3) is 0.541. The molecule has 0 aromatic carbocycles. The number of nitrogens with two attached hydrogens (primary N) is 2. The smallest absolute Gasteiger partial charge is 0.326 e. The Labute approximate surface area is 370 Å². The van der Waals surface area contributed by atoms with Crippen LogP contribution in [0.15, 0.2) is 25.0 Å². The van der Waals surface area contributed by atoms with Crippen LogP contribution in [0.25, 0.3) is 0 Å². The molecule has 28 heteroatoms. The number of nitrogens with zero attached hydrogens (tertiary/aromatic N) is 2. The summed E-state index contributed by atoms with van der Waals surface area (Å²) in [5.74, 6) is -11.8. The van der Waals surface area contributed by atoms with E-state index in [0.717, 1.165) is 0 Å². The highest BCUT2D eigenvalue weighted by molar-refractivity contribution is 5.97. The molecule has 8 atom stereocenters. The van der Waals surface area contributed by atoms with E-state index in [1.165, 1.54) is 32.0 Å². The Kier molecular flexibility index (Phi) is 22.2. The van der Waals surface area contributed by atoms with Gasteiger partial charge in [-0.05, 0) is 19.3 Å². The fourth-order valence-corrected chi connectivity index (χ4v) is 5.65. The van der Waals surface area contributed by atoms with E-state index in [1.54, 1.807) is 13.8 Å². The molecule has 0 saturated carbocycles. The van der Waals surface area contributed by atoms with Crippen LogP contribution in [0.5, 0.6) is 0 Å². The fourth-order valence-electron chi connectivity index (χ4n) is 5.65. The molecule has 9 amide bonds. The average molecular weight is 921 g/mol. The molecule has 0 saturated heterocycles. The first-order chi connectivity index (χ1) is 30.6. The molecule has 0 bridgehead atoms. The molecule has 2 rings (SSSR count). The molecule has 0 fully saturated rings. The molecule has 0 unspecified atom stereocenters. The number of carboxylic acids is 2. The van der Waals surface area contributed by atoms with E-state index < -0.39 is 146 Å². The SMILES string of the molecule is CC[C@H](C)[C@H](NC(=O)[C@H](CCC(N)=O)NC(=O)CNC(=O)[C@H](Cc1cnc[nH]1)NC(=O)CNC(=O)[C@H](C)NC(=O)[C@@H](N)CC(=O)O)C(=O)N[C@@H](CO)C(=O)N[C@@H](Cc1cnc[nH]1)C(=O)O. The number of hydrogen-bond donors (Lipinski definition) is 15. The first kappa shape index (κ1) is 53.6. The third-order valence-corrected chi connectivity index (χ3v) is 9.49. The molecule has 0 aliphatic rings. The summed E-state index contributed by atoms with van der Waals surface area (Å²) in [7, 11) is 0. The van der Waals surface area contributed by atoms with Crippen LogP contribution in [-0.4, -0.2) is 162 Å². The standard InChI is InChI=1S/C37H56N14O14/c1-4-17(2)30(36(63)50-25(14-52)35(62)49-24(37(64)65)8-20-11-41-16-45-20)51-34(61)22(5-6-26(39)53)47-27(54)13-43-33(60)23(7-19-10-40-15-44-19)48-28(55)12-42-31(58)18(3)46-32(59)21(38)9-29(56)57/h10-11,15-18,21-25,30,52H,4-9,12-14,38H2,1-3H3,(H2,39,53)(H,40,44)(H,41,45)(H,42,58)(H,43,60)(H,46,59)(H,47,54)(H,48,55)(H,49,62)(H,50,63)(H,51,61)(H,56,57)(H,64,65)/t17-,18-,21-,22-,23-,24-,25-,30-/m0/s1. The topological polar surface area (TPSA) is 454 Å². The van der Waals surface area contributed by atoms with Crippen molar-refractivity contribution in [2.75, 3.05) is 19.7 Å². The summed E-state index contributed by atoms with van der Waals surface area (Å²) >= 11 is 0. The monoisotopic (exact) mass is 920 g/mol. The summed E-state index contributed by atoms with van der Waals surface area (Å²) in [6.45, 7) is 2.08. The number of hydrogen-bond acceptors (Lipinski definition) is 15. The van der Waals surface area contributed by atoms with Crippen LogP contribution in [0, 0.1) is 5.92 Å². The largest absolute Gasteiger partial charge is 0.481 e. The highest BCUT2D eigenvalue weighted by Crippen LogP contribution is 2.11. The van der Waals surface area contributed by atoms with Gasteiger partial charge in [-0.25, -0.2) is 14.8 Å². The Balaban J connectivity index is 2.11. The third kappa shape index (κ3) is 19.2. The Bertz CT molecular complexity index is 1980. The van der Waals surface area contributed by atoms with Crippen molar-refractivity contribution in [2.45, 2.75) is 102 Å². The minimum Gasteiger partial charge on any atom is -0.481 e. The van der Waals surface area contributed by atoms with Gasteiger partial charge in [0.15, 0.2) is 0 Å². The molecular weight excluding hydrogens is 864 g/mol. The highest BCUT2D eigenvalue weighted by Gasteiger charge is 2.34. The number of aliphatic carboxylic acids is 2. The number of primary amides is 1. The number of aliphatic hydroxyl groups excluding tert-OH is 1. The number of aromatic amines is 2.